The molecule has 0 aliphatic rings. The third-order valence-electron chi connectivity index (χ3n) is 2.79. The molecule has 2 aromatic rings. The average molecular weight is 418 g/mol. The lowest BCUT2D eigenvalue weighted by Gasteiger charge is -2.09. The molecule has 0 aliphatic carbocycles. The Hall–Kier alpha value is -1.13. The molecule has 24 heavy (non-hydrogen) atoms. The van der Waals surface area contributed by atoms with Crippen molar-refractivity contribution in [3.63, 3.8) is 0 Å². The van der Waals surface area contributed by atoms with E-state index in [4.69, 9.17) is 36.0 Å². The van der Waals surface area contributed by atoms with Gasteiger partial charge >= 0.3 is 0 Å². The second kappa shape index (κ2) is 8.30. The Morgan fingerprint density at radius 1 is 1.00 bits per heavy atom. The van der Waals surface area contributed by atoms with Crippen LogP contribution < -0.4 is 9.60 Å². The molecular weight excluding hydrogens is 402 g/mol. The van der Waals surface area contributed by atoms with Crippen LogP contribution in [0.15, 0.2) is 34.3 Å². The lowest BCUT2D eigenvalue weighted by atomic mass is 10.3. The molecule has 0 bridgehead atoms. The molecule has 0 aliphatic heterocycles. The van der Waals surface area contributed by atoms with Crippen LogP contribution in [0.2, 0.25) is 5.02 Å². The van der Waals surface area contributed by atoms with Crippen LogP contribution in [0.3, 0.4) is 0 Å². The van der Waals surface area contributed by atoms with E-state index >= 15 is 0 Å². The summed E-state index contributed by atoms with van der Waals surface area (Å²) in [7, 11) is 10.4. The van der Waals surface area contributed by atoms with Crippen LogP contribution in [0.25, 0.3) is 5.69 Å². The predicted molar refractivity (Wildman–Crippen MR) is 110 cm³/mol. The third kappa shape index (κ3) is 4.70. The van der Waals surface area contributed by atoms with Gasteiger partial charge in [-0.05, 0) is 63.3 Å². The second-order valence-corrected chi connectivity index (χ2v) is 8.36. The van der Waals surface area contributed by atoms with Gasteiger partial charge in [0.2, 0.25) is 9.60 Å². The second-order valence-electron chi connectivity index (χ2n) is 5.12. The topological polar surface area (TPSA) is 36.1 Å². The molecule has 0 saturated heterocycles. The first kappa shape index (κ1) is 19.2. The molecule has 0 unspecified atom stereocenters. The quantitative estimate of drug-likeness (QED) is 0.528. The van der Waals surface area contributed by atoms with E-state index in [1.54, 1.807) is 9.80 Å². The zero-order valence-corrected chi connectivity index (χ0v) is 17.6. The fraction of sp³-hybridized carbons (Fsp3) is 0.286. The van der Waals surface area contributed by atoms with Crippen LogP contribution in [0.1, 0.15) is 0 Å². The fourth-order valence-corrected chi connectivity index (χ4v) is 4.15. The van der Waals surface area contributed by atoms with Gasteiger partial charge in [-0.1, -0.05) is 17.7 Å². The van der Waals surface area contributed by atoms with Crippen LogP contribution >= 0.6 is 56.7 Å². The van der Waals surface area contributed by atoms with Crippen molar-refractivity contribution in [1.29, 1.82) is 0 Å². The van der Waals surface area contributed by atoms with Gasteiger partial charge in [-0.25, -0.2) is 0 Å². The Morgan fingerprint density at radius 2 is 1.50 bits per heavy atom. The summed E-state index contributed by atoms with van der Waals surface area (Å²) in [4.78, 5) is 14.1. The SMILES string of the molecule is CN(C)C(=S)/N=c1\ss/c(=N/C(=S)N(C)C)n1-c1cccc(Cl)c1. The van der Waals surface area contributed by atoms with E-state index in [0.29, 0.717) is 15.2 Å². The van der Waals surface area contributed by atoms with Crippen molar-refractivity contribution in [2.75, 3.05) is 28.2 Å². The third-order valence-corrected chi connectivity index (χ3v) is 6.01. The molecule has 1 aromatic carbocycles. The maximum absolute atomic E-state index is 6.14. The van der Waals surface area contributed by atoms with E-state index in [9.17, 15) is 0 Å². The minimum Gasteiger partial charge on any atom is -0.353 e. The first-order valence-electron chi connectivity index (χ1n) is 6.79. The molecule has 0 spiro atoms. The molecule has 1 aromatic heterocycles. The normalized spacial score (nSPS) is 12.4. The summed E-state index contributed by atoms with van der Waals surface area (Å²) in [6.45, 7) is 0. The number of aromatic nitrogens is 1. The van der Waals surface area contributed by atoms with Gasteiger partial charge in [-0.2, -0.15) is 9.98 Å². The highest BCUT2D eigenvalue weighted by Crippen LogP contribution is 2.13. The molecule has 0 N–H and O–H groups in total. The van der Waals surface area contributed by atoms with E-state index in [0.717, 1.165) is 15.3 Å². The molecule has 1 heterocycles. The number of hydrogen-bond donors (Lipinski definition) is 0. The Kier molecular flexibility index (Phi) is 6.64. The predicted octanol–water partition coefficient (Wildman–Crippen LogP) is 2.75. The van der Waals surface area contributed by atoms with Gasteiger partial charge in [-0.3, -0.25) is 4.57 Å². The molecule has 0 atom stereocenters. The lowest BCUT2D eigenvalue weighted by Crippen LogP contribution is -2.29. The van der Waals surface area contributed by atoms with Crippen molar-refractivity contribution < 1.29 is 0 Å². The molecular formula is C14H16ClN5S4. The fourth-order valence-electron chi connectivity index (χ4n) is 1.57. The molecule has 5 nitrogen and oxygen atoms in total. The minimum absolute atomic E-state index is 0.488. The van der Waals surface area contributed by atoms with Gasteiger partial charge in [0.05, 0.1) is 5.69 Å². The molecule has 0 amide bonds. The summed E-state index contributed by atoms with van der Waals surface area (Å²) in [5, 5.41) is 1.61. The molecule has 128 valence electrons. The first-order valence-corrected chi connectivity index (χ1v) is 10.1. The van der Waals surface area contributed by atoms with Crippen LogP contribution in [-0.4, -0.2) is 52.8 Å². The van der Waals surface area contributed by atoms with Crippen molar-refractivity contribution >= 4 is 66.9 Å². The summed E-state index contributed by atoms with van der Waals surface area (Å²) in [6.07, 6.45) is 0. The first-order chi connectivity index (χ1) is 11.3. The maximum atomic E-state index is 6.14. The van der Waals surface area contributed by atoms with Gasteiger partial charge in [0.1, 0.15) is 0 Å². The van der Waals surface area contributed by atoms with E-state index in [2.05, 4.69) is 9.98 Å². The molecule has 0 saturated carbocycles. The van der Waals surface area contributed by atoms with Crippen molar-refractivity contribution in [2.45, 2.75) is 0 Å². The number of rotatable bonds is 1. The van der Waals surface area contributed by atoms with Crippen molar-refractivity contribution in [1.82, 2.24) is 14.4 Å². The zero-order chi connectivity index (χ0) is 17.9. The number of halogens is 1. The number of benzene rings is 1. The van der Waals surface area contributed by atoms with Crippen LogP contribution in [-0.2, 0) is 0 Å². The Morgan fingerprint density at radius 3 is 1.92 bits per heavy atom. The van der Waals surface area contributed by atoms with E-state index in [1.807, 2.05) is 57.0 Å². The smallest absolute Gasteiger partial charge is 0.209 e. The molecule has 0 fully saturated rings. The highest BCUT2D eigenvalue weighted by molar-refractivity contribution is 7.80. The van der Waals surface area contributed by atoms with Gasteiger partial charge in [0.15, 0.2) is 10.2 Å². The molecule has 0 radical (unpaired) electrons. The largest absolute Gasteiger partial charge is 0.353 e. The van der Waals surface area contributed by atoms with Gasteiger partial charge < -0.3 is 9.80 Å². The summed E-state index contributed by atoms with van der Waals surface area (Å²) >= 11 is 16.7. The molecule has 10 heteroatoms. The van der Waals surface area contributed by atoms with Gasteiger partial charge in [-0.15, -0.1) is 0 Å². The highest BCUT2D eigenvalue weighted by Gasteiger charge is 2.08. The standard InChI is InChI=1S/C14H16ClN5S4/c1-18(2)11(21)16-13-20(10-7-5-6-9(15)8-10)14(24-23-13)17-12(22)19(3)4/h5-8H,1-4H3/b16-13-,17-14+. The Labute approximate surface area is 163 Å². The highest BCUT2D eigenvalue weighted by atomic mass is 35.5. The van der Waals surface area contributed by atoms with Crippen LogP contribution in [0.5, 0.6) is 0 Å². The number of hydrogen-bond acceptors (Lipinski definition) is 4. The van der Waals surface area contributed by atoms with Gasteiger partial charge in [0, 0.05) is 33.2 Å². The van der Waals surface area contributed by atoms with E-state index in [1.165, 1.54) is 20.7 Å². The van der Waals surface area contributed by atoms with E-state index < -0.39 is 0 Å². The van der Waals surface area contributed by atoms with E-state index in [-0.39, 0.29) is 0 Å². The van der Waals surface area contributed by atoms with Crippen molar-refractivity contribution in [3.05, 3.63) is 38.9 Å². The summed E-state index contributed by atoms with van der Waals surface area (Å²) < 4.78 is 1.91. The molecule has 2 rings (SSSR count). The monoisotopic (exact) mass is 417 g/mol. The summed E-state index contributed by atoms with van der Waals surface area (Å²) in [6, 6.07) is 7.51. The Balaban J connectivity index is 2.74. The van der Waals surface area contributed by atoms with Crippen LogP contribution in [0, 0.1) is 0 Å². The Bertz CT molecular complexity index is 841. The van der Waals surface area contributed by atoms with Crippen LogP contribution in [0.4, 0.5) is 0 Å². The lowest BCUT2D eigenvalue weighted by molar-refractivity contribution is 0.624. The summed E-state index contributed by atoms with van der Waals surface area (Å²) in [5.41, 5.74) is 0.862. The van der Waals surface area contributed by atoms with Crippen molar-refractivity contribution in [2.24, 2.45) is 9.98 Å². The van der Waals surface area contributed by atoms with Crippen molar-refractivity contribution in [3.8, 4) is 5.69 Å². The maximum Gasteiger partial charge on any atom is 0.209 e. The average Bonchev–Trinajstić information content (AvgIpc) is 2.89. The summed E-state index contributed by atoms with van der Waals surface area (Å²) in [5.74, 6) is 0. The zero-order valence-electron chi connectivity index (χ0n) is 13.6. The number of nitrogens with zero attached hydrogens (tertiary/aromatic N) is 5. The number of thiocarbonyl (C=S) groups is 2. The minimum atomic E-state index is 0.488. The van der Waals surface area contributed by atoms with Gasteiger partial charge in [0.25, 0.3) is 0 Å².